The Labute approximate surface area is 109 Å². The lowest BCUT2D eigenvalue weighted by molar-refractivity contribution is -0.181. The molecule has 0 radical (unpaired) electrons. The monoisotopic (exact) mass is 282 g/mol. The number of nitrogens with zero attached hydrogens (tertiary/aromatic N) is 1. The first kappa shape index (κ1) is 14.6. The number of amides is 1. The zero-order valence-electron chi connectivity index (χ0n) is 10.5. The van der Waals surface area contributed by atoms with Crippen molar-refractivity contribution in [2.45, 2.75) is 44.1 Å². The molecule has 1 N–H and O–H groups in total. The van der Waals surface area contributed by atoms with Crippen molar-refractivity contribution in [1.29, 1.82) is 0 Å². The third-order valence-corrected chi connectivity index (χ3v) is 3.63. The molecule has 1 unspecified atom stereocenters. The van der Waals surface area contributed by atoms with Crippen LogP contribution in [0.15, 0.2) is 0 Å². The van der Waals surface area contributed by atoms with Crippen LogP contribution in [0.5, 0.6) is 0 Å². The summed E-state index contributed by atoms with van der Waals surface area (Å²) in [5.41, 5.74) is 0. The summed E-state index contributed by atoms with van der Waals surface area (Å²) in [7, 11) is 0. The Bertz CT molecular complexity index is 328. The molecule has 0 aromatic carbocycles. The van der Waals surface area contributed by atoms with E-state index in [4.69, 9.17) is 0 Å². The minimum absolute atomic E-state index is 0.0591. The Balaban J connectivity index is 2.00. The maximum absolute atomic E-state index is 13.2. The van der Waals surface area contributed by atoms with Crippen molar-refractivity contribution in [3.63, 3.8) is 0 Å². The van der Waals surface area contributed by atoms with Gasteiger partial charge in [0.2, 0.25) is 0 Å². The number of nitrogens with one attached hydrogen (secondary N) is 1. The molecule has 1 saturated carbocycles. The van der Waals surface area contributed by atoms with Gasteiger partial charge in [-0.25, -0.2) is 8.78 Å². The quantitative estimate of drug-likeness (QED) is 0.754. The van der Waals surface area contributed by atoms with Crippen molar-refractivity contribution < 1.29 is 22.4 Å². The van der Waals surface area contributed by atoms with Gasteiger partial charge < -0.3 is 10.2 Å². The van der Waals surface area contributed by atoms with Crippen LogP contribution in [0.1, 0.15) is 25.7 Å². The standard InChI is InChI=1S/C12H18F4N2O/c13-10(14)12(15,16)11(19)18(6-8-3-4-8)7-9-2-1-5-17-9/h8-10,17H,1-7H2. The number of halogens is 4. The Kier molecular flexibility index (Phi) is 4.32. The first-order chi connectivity index (χ1) is 8.91. The first-order valence-corrected chi connectivity index (χ1v) is 6.60. The number of hydrogen-bond acceptors (Lipinski definition) is 2. The summed E-state index contributed by atoms with van der Waals surface area (Å²) < 4.78 is 50.9. The van der Waals surface area contributed by atoms with Gasteiger partial charge in [-0.2, -0.15) is 8.78 Å². The third kappa shape index (κ3) is 3.58. The summed E-state index contributed by atoms with van der Waals surface area (Å²) in [5.74, 6) is -6.12. The van der Waals surface area contributed by atoms with Crippen LogP contribution in [-0.2, 0) is 4.79 Å². The van der Waals surface area contributed by atoms with Crippen LogP contribution < -0.4 is 5.32 Å². The second-order valence-corrected chi connectivity index (χ2v) is 5.37. The molecule has 0 aromatic heterocycles. The topological polar surface area (TPSA) is 32.3 Å². The normalized spacial score (nSPS) is 23.9. The summed E-state index contributed by atoms with van der Waals surface area (Å²) >= 11 is 0. The lowest BCUT2D eigenvalue weighted by Crippen LogP contribution is -2.51. The van der Waals surface area contributed by atoms with Crippen LogP contribution >= 0.6 is 0 Å². The Morgan fingerprint density at radius 2 is 1.95 bits per heavy atom. The van der Waals surface area contributed by atoms with Crippen LogP contribution in [0.3, 0.4) is 0 Å². The maximum Gasteiger partial charge on any atom is 0.383 e. The maximum atomic E-state index is 13.2. The Morgan fingerprint density at radius 1 is 1.26 bits per heavy atom. The molecule has 0 bridgehead atoms. The molecule has 1 heterocycles. The number of carbonyl (C=O) groups excluding carboxylic acids is 1. The largest absolute Gasteiger partial charge is 0.383 e. The van der Waals surface area contributed by atoms with E-state index in [1.807, 2.05) is 0 Å². The predicted octanol–water partition coefficient (Wildman–Crippen LogP) is 1.88. The van der Waals surface area contributed by atoms with Crippen LogP contribution in [0, 0.1) is 5.92 Å². The summed E-state index contributed by atoms with van der Waals surface area (Å²) in [6, 6.07) is -0.0591. The molecule has 1 aliphatic heterocycles. The highest BCUT2D eigenvalue weighted by Gasteiger charge is 2.51. The molecule has 1 amide bonds. The fraction of sp³-hybridized carbons (Fsp3) is 0.917. The SMILES string of the molecule is O=C(N(CC1CC1)CC1CCCN1)C(F)(F)C(F)F. The average molecular weight is 282 g/mol. The van der Waals surface area contributed by atoms with Crippen molar-refractivity contribution in [3.05, 3.63) is 0 Å². The van der Waals surface area contributed by atoms with Crippen molar-refractivity contribution >= 4 is 5.91 Å². The zero-order valence-corrected chi connectivity index (χ0v) is 10.5. The van der Waals surface area contributed by atoms with Crippen molar-refractivity contribution in [1.82, 2.24) is 10.2 Å². The van der Waals surface area contributed by atoms with Crippen molar-refractivity contribution in [2.75, 3.05) is 19.6 Å². The highest BCUT2D eigenvalue weighted by atomic mass is 19.3. The van der Waals surface area contributed by atoms with Crippen LogP contribution in [0.4, 0.5) is 17.6 Å². The van der Waals surface area contributed by atoms with E-state index >= 15 is 0 Å². The lowest BCUT2D eigenvalue weighted by Gasteiger charge is -2.29. The molecule has 1 aliphatic carbocycles. The van der Waals surface area contributed by atoms with Gasteiger partial charge in [-0.3, -0.25) is 4.79 Å². The van der Waals surface area contributed by atoms with Gasteiger partial charge >= 0.3 is 12.3 Å². The van der Waals surface area contributed by atoms with Gasteiger partial charge in [-0.15, -0.1) is 0 Å². The highest BCUT2D eigenvalue weighted by Crippen LogP contribution is 2.32. The molecular weight excluding hydrogens is 264 g/mol. The molecule has 2 aliphatic rings. The molecule has 0 spiro atoms. The molecule has 3 nitrogen and oxygen atoms in total. The highest BCUT2D eigenvalue weighted by molar-refractivity contribution is 5.84. The number of alkyl halides is 4. The van der Waals surface area contributed by atoms with E-state index in [-0.39, 0.29) is 25.0 Å². The van der Waals surface area contributed by atoms with E-state index < -0.39 is 18.3 Å². The van der Waals surface area contributed by atoms with Gasteiger partial charge in [0, 0.05) is 19.1 Å². The lowest BCUT2D eigenvalue weighted by atomic mass is 10.2. The zero-order chi connectivity index (χ0) is 14.0. The molecule has 2 fully saturated rings. The molecule has 2 rings (SSSR count). The number of hydrogen-bond donors (Lipinski definition) is 1. The van der Waals surface area contributed by atoms with Gasteiger partial charge in [0.25, 0.3) is 5.91 Å². The van der Waals surface area contributed by atoms with E-state index in [1.54, 1.807) is 0 Å². The van der Waals surface area contributed by atoms with E-state index in [0.717, 1.165) is 37.1 Å². The van der Waals surface area contributed by atoms with Gasteiger partial charge in [0.05, 0.1) is 0 Å². The first-order valence-electron chi connectivity index (χ1n) is 6.60. The average Bonchev–Trinajstić information content (AvgIpc) is 3.01. The minimum Gasteiger partial charge on any atom is -0.335 e. The Morgan fingerprint density at radius 3 is 2.42 bits per heavy atom. The predicted molar refractivity (Wildman–Crippen MR) is 61.3 cm³/mol. The van der Waals surface area contributed by atoms with Gasteiger partial charge in [-0.05, 0) is 38.1 Å². The molecule has 19 heavy (non-hydrogen) atoms. The molecule has 1 saturated heterocycles. The minimum atomic E-state index is -4.58. The van der Waals surface area contributed by atoms with Crippen LogP contribution in [-0.4, -0.2) is 48.8 Å². The van der Waals surface area contributed by atoms with Crippen molar-refractivity contribution in [2.24, 2.45) is 5.92 Å². The third-order valence-electron chi connectivity index (χ3n) is 3.63. The molecule has 7 heteroatoms. The fourth-order valence-electron chi connectivity index (χ4n) is 2.34. The van der Waals surface area contributed by atoms with Gasteiger partial charge in [0.1, 0.15) is 0 Å². The number of rotatable bonds is 6. The van der Waals surface area contributed by atoms with E-state index in [2.05, 4.69) is 5.32 Å². The van der Waals surface area contributed by atoms with E-state index in [9.17, 15) is 22.4 Å². The smallest absolute Gasteiger partial charge is 0.335 e. The van der Waals surface area contributed by atoms with Gasteiger partial charge in [-0.1, -0.05) is 0 Å². The van der Waals surface area contributed by atoms with E-state index in [1.165, 1.54) is 0 Å². The van der Waals surface area contributed by atoms with Gasteiger partial charge in [0.15, 0.2) is 0 Å². The molecule has 0 aromatic rings. The molecule has 1 atom stereocenters. The van der Waals surface area contributed by atoms with Crippen LogP contribution in [0.25, 0.3) is 0 Å². The summed E-state index contributed by atoms with van der Waals surface area (Å²) in [4.78, 5) is 12.5. The van der Waals surface area contributed by atoms with Crippen LogP contribution in [0.2, 0.25) is 0 Å². The molecular formula is C12H18F4N2O. The summed E-state index contributed by atoms with van der Waals surface area (Å²) in [5, 5.41) is 3.09. The fourth-order valence-corrected chi connectivity index (χ4v) is 2.34. The number of carbonyl (C=O) groups is 1. The second kappa shape index (κ2) is 5.64. The Hall–Kier alpha value is -0.850. The van der Waals surface area contributed by atoms with Crippen molar-refractivity contribution in [3.8, 4) is 0 Å². The van der Waals surface area contributed by atoms with E-state index in [0.29, 0.717) is 0 Å². The summed E-state index contributed by atoms with van der Waals surface area (Å²) in [6.07, 6.45) is -0.487. The second-order valence-electron chi connectivity index (χ2n) is 5.37. The molecule has 110 valence electrons. The summed E-state index contributed by atoms with van der Waals surface area (Å²) in [6.45, 7) is 1.04.